The van der Waals surface area contributed by atoms with Crippen molar-refractivity contribution in [2.75, 3.05) is 4.90 Å². The largest absolute Gasteiger partial charge is 0.478 e. The molecule has 0 aliphatic carbocycles. The van der Waals surface area contributed by atoms with E-state index < -0.39 is 5.97 Å². The van der Waals surface area contributed by atoms with Gasteiger partial charge < -0.3 is 5.11 Å². The second-order valence-electron chi connectivity index (χ2n) is 5.78. The lowest BCUT2D eigenvalue weighted by Gasteiger charge is -2.18. The van der Waals surface area contributed by atoms with Crippen LogP contribution in [0.15, 0.2) is 47.4 Å². The fourth-order valence-corrected chi connectivity index (χ4v) is 4.07. The van der Waals surface area contributed by atoms with E-state index in [1.807, 2.05) is 26.0 Å². The van der Waals surface area contributed by atoms with Crippen molar-refractivity contribution in [3.05, 3.63) is 69.1 Å². The van der Waals surface area contributed by atoms with Crippen LogP contribution in [0, 0.1) is 6.92 Å². The van der Waals surface area contributed by atoms with Crippen LogP contribution in [0.25, 0.3) is 5.57 Å². The first-order valence-electron chi connectivity index (χ1n) is 7.66. The SMILES string of the molecule is C/C(=C1/SC(=S)N(c2cc(C(=O)O)ccc2C)C1=O)c1ccc(Cl)cc1. The number of thiocarbonyl (C=S) groups is 1. The van der Waals surface area contributed by atoms with Crippen LogP contribution in [0.3, 0.4) is 0 Å². The molecule has 2 aromatic rings. The van der Waals surface area contributed by atoms with Gasteiger partial charge in [0.05, 0.1) is 16.2 Å². The van der Waals surface area contributed by atoms with Gasteiger partial charge in [-0.1, -0.05) is 53.8 Å². The average molecular weight is 404 g/mol. The predicted octanol–water partition coefficient (Wildman–Crippen LogP) is 5.14. The molecular weight excluding hydrogens is 390 g/mol. The molecule has 1 heterocycles. The number of benzene rings is 2. The summed E-state index contributed by atoms with van der Waals surface area (Å²) in [6.45, 7) is 3.67. The van der Waals surface area contributed by atoms with Gasteiger partial charge >= 0.3 is 5.97 Å². The molecule has 26 heavy (non-hydrogen) atoms. The minimum atomic E-state index is -1.05. The number of carbonyl (C=O) groups excluding carboxylic acids is 1. The van der Waals surface area contributed by atoms with E-state index in [2.05, 4.69) is 0 Å². The van der Waals surface area contributed by atoms with E-state index in [1.165, 1.54) is 28.8 Å². The Morgan fingerprint density at radius 2 is 1.77 bits per heavy atom. The molecule has 0 radical (unpaired) electrons. The summed E-state index contributed by atoms with van der Waals surface area (Å²) >= 11 is 12.5. The molecule has 3 rings (SSSR count). The zero-order chi connectivity index (χ0) is 19.0. The van der Waals surface area contributed by atoms with Crippen molar-refractivity contribution in [3.63, 3.8) is 0 Å². The van der Waals surface area contributed by atoms with Gasteiger partial charge in [-0.15, -0.1) is 0 Å². The normalized spacial score (nSPS) is 16.2. The van der Waals surface area contributed by atoms with Crippen LogP contribution in [0.5, 0.6) is 0 Å². The topological polar surface area (TPSA) is 57.6 Å². The van der Waals surface area contributed by atoms with E-state index >= 15 is 0 Å². The predicted molar refractivity (Wildman–Crippen MR) is 110 cm³/mol. The van der Waals surface area contributed by atoms with Crippen molar-refractivity contribution >= 4 is 63.0 Å². The molecule has 2 aromatic carbocycles. The number of hydrogen-bond acceptors (Lipinski definition) is 4. The monoisotopic (exact) mass is 403 g/mol. The first kappa shape index (κ1) is 18.6. The number of aryl methyl sites for hydroxylation is 1. The van der Waals surface area contributed by atoms with Gasteiger partial charge in [0, 0.05) is 5.02 Å². The Kier molecular flexibility index (Phi) is 5.18. The molecule has 4 nitrogen and oxygen atoms in total. The van der Waals surface area contributed by atoms with Gasteiger partial charge in [0.2, 0.25) is 0 Å². The highest BCUT2D eigenvalue weighted by atomic mass is 35.5. The Hall–Kier alpha value is -2.15. The molecule has 1 fully saturated rings. The average Bonchev–Trinajstić information content (AvgIpc) is 2.90. The first-order valence-corrected chi connectivity index (χ1v) is 9.27. The highest BCUT2D eigenvalue weighted by molar-refractivity contribution is 8.27. The van der Waals surface area contributed by atoms with Crippen molar-refractivity contribution in [2.45, 2.75) is 13.8 Å². The number of carboxylic acid groups (broad SMARTS) is 1. The maximum absolute atomic E-state index is 13.0. The number of aromatic carboxylic acids is 1. The van der Waals surface area contributed by atoms with Gasteiger partial charge in [-0.05, 0) is 54.8 Å². The van der Waals surface area contributed by atoms with Crippen molar-refractivity contribution in [3.8, 4) is 0 Å². The number of allylic oxidation sites excluding steroid dienone is 1. The number of carbonyl (C=O) groups is 2. The van der Waals surface area contributed by atoms with Gasteiger partial charge in [-0.3, -0.25) is 9.69 Å². The lowest BCUT2D eigenvalue weighted by Crippen LogP contribution is -2.28. The van der Waals surface area contributed by atoms with Crippen LogP contribution in [-0.2, 0) is 4.79 Å². The highest BCUT2D eigenvalue weighted by Gasteiger charge is 2.35. The third-order valence-electron chi connectivity index (χ3n) is 4.08. The molecule has 1 aliphatic rings. The van der Waals surface area contributed by atoms with Crippen LogP contribution < -0.4 is 4.90 Å². The molecule has 0 bridgehead atoms. The molecule has 0 unspecified atom stereocenters. The van der Waals surface area contributed by atoms with E-state index in [4.69, 9.17) is 23.8 Å². The van der Waals surface area contributed by atoms with Gasteiger partial charge in [0.15, 0.2) is 4.32 Å². The Morgan fingerprint density at radius 3 is 2.38 bits per heavy atom. The number of carboxylic acids is 1. The maximum atomic E-state index is 13.0. The summed E-state index contributed by atoms with van der Waals surface area (Å²) in [4.78, 5) is 26.2. The molecule has 1 amide bonds. The lowest BCUT2D eigenvalue weighted by molar-refractivity contribution is -0.113. The van der Waals surface area contributed by atoms with Crippen molar-refractivity contribution in [2.24, 2.45) is 0 Å². The van der Waals surface area contributed by atoms with Crippen molar-refractivity contribution in [1.29, 1.82) is 0 Å². The van der Waals surface area contributed by atoms with E-state index in [-0.39, 0.29) is 11.5 Å². The summed E-state index contributed by atoms with van der Waals surface area (Å²) in [5.74, 6) is -1.30. The molecule has 1 N–H and O–H groups in total. The summed E-state index contributed by atoms with van der Waals surface area (Å²) in [5.41, 5.74) is 3.06. The first-order chi connectivity index (χ1) is 12.3. The van der Waals surface area contributed by atoms with Crippen LogP contribution in [0.4, 0.5) is 5.69 Å². The van der Waals surface area contributed by atoms with Gasteiger partial charge in [0.1, 0.15) is 0 Å². The second kappa shape index (κ2) is 7.23. The van der Waals surface area contributed by atoms with E-state index in [9.17, 15) is 14.7 Å². The van der Waals surface area contributed by atoms with E-state index in [0.29, 0.717) is 19.9 Å². The Labute approximate surface area is 165 Å². The smallest absolute Gasteiger partial charge is 0.335 e. The van der Waals surface area contributed by atoms with E-state index in [1.54, 1.807) is 18.2 Å². The van der Waals surface area contributed by atoms with E-state index in [0.717, 1.165) is 16.7 Å². The Bertz CT molecular complexity index is 967. The molecular formula is C19H14ClNO3S2. The van der Waals surface area contributed by atoms with Crippen molar-refractivity contribution in [1.82, 2.24) is 0 Å². The zero-order valence-corrected chi connectivity index (χ0v) is 16.3. The summed E-state index contributed by atoms with van der Waals surface area (Å²) in [6, 6.07) is 11.9. The standard InChI is InChI=1S/C19H14ClNO3S2/c1-10-3-4-13(18(23)24)9-15(10)21-17(22)16(26-19(21)25)11(2)12-5-7-14(20)8-6-12/h3-9H,1-2H3,(H,23,24)/b16-11-. The fraction of sp³-hybridized carbons (Fsp3) is 0.105. The molecule has 0 saturated carbocycles. The lowest BCUT2D eigenvalue weighted by atomic mass is 10.1. The number of thioether (sulfide) groups is 1. The fourth-order valence-electron chi connectivity index (χ4n) is 2.62. The number of hydrogen-bond donors (Lipinski definition) is 1. The summed E-state index contributed by atoms with van der Waals surface area (Å²) in [7, 11) is 0. The highest BCUT2D eigenvalue weighted by Crippen LogP contribution is 2.40. The van der Waals surface area contributed by atoms with Crippen LogP contribution in [0.1, 0.15) is 28.4 Å². The summed E-state index contributed by atoms with van der Waals surface area (Å²) in [6.07, 6.45) is 0. The number of halogens is 1. The minimum absolute atomic E-state index is 0.109. The molecule has 0 aromatic heterocycles. The minimum Gasteiger partial charge on any atom is -0.478 e. The summed E-state index contributed by atoms with van der Waals surface area (Å²) < 4.78 is 0.379. The number of rotatable bonds is 3. The molecule has 7 heteroatoms. The Morgan fingerprint density at radius 1 is 1.15 bits per heavy atom. The summed E-state index contributed by atoms with van der Waals surface area (Å²) in [5, 5.41) is 9.85. The number of anilines is 1. The van der Waals surface area contributed by atoms with Crippen molar-refractivity contribution < 1.29 is 14.7 Å². The maximum Gasteiger partial charge on any atom is 0.335 e. The molecule has 132 valence electrons. The van der Waals surface area contributed by atoms with Crippen LogP contribution >= 0.6 is 35.6 Å². The quantitative estimate of drug-likeness (QED) is 0.567. The molecule has 0 spiro atoms. The molecule has 1 aliphatic heterocycles. The third kappa shape index (κ3) is 3.40. The molecule has 1 saturated heterocycles. The van der Waals surface area contributed by atoms with Gasteiger partial charge in [0.25, 0.3) is 5.91 Å². The number of amides is 1. The van der Waals surface area contributed by atoms with Crippen LogP contribution in [0.2, 0.25) is 5.02 Å². The van der Waals surface area contributed by atoms with Crippen LogP contribution in [-0.4, -0.2) is 21.3 Å². The second-order valence-corrected chi connectivity index (χ2v) is 7.86. The van der Waals surface area contributed by atoms with Gasteiger partial charge in [-0.25, -0.2) is 4.79 Å². The Balaban J connectivity index is 2.05. The zero-order valence-electron chi connectivity index (χ0n) is 13.9. The number of nitrogens with zero attached hydrogens (tertiary/aromatic N) is 1. The van der Waals surface area contributed by atoms with Gasteiger partial charge in [-0.2, -0.15) is 0 Å². The third-order valence-corrected chi connectivity index (χ3v) is 5.81. The molecule has 0 atom stereocenters.